The first-order chi connectivity index (χ1) is 20.6. The predicted octanol–water partition coefficient (Wildman–Crippen LogP) is 5.03. The van der Waals surface area contributed by atoms with Gasteiger partial charge in [0.2, 0.25) is 0 Å². The van der Waals surface area contributed by atoms with Gasteiger partial charge in [-0.25, -0.2) is 8.78 Å². The molecule has 4 atom stereocenters. The molecule has 1 aromatic heterocycles. The monoisotopic (exact) mass is 610 g/mol. The molecule has 11 heteroatoms. The summed E-state index contributed by atoms with van der Waals surface area (Å²) < 4.78 is 37.7. The Bertz CT molecular complexity index is 1490. The number of halogens is 3. The van der Waals surface area contributed by atoms with E-state index in [0.717, 1.165) is 30.5 Å². The average Bonchev–Trinajstić information content (AvgIpc) is 3.58. The van der Waals surface area contributed by atoms with Gasteiger partial charge in [0.05, 0.1) is 24.2 Å². The van der Waals surface area contributed by atoms with Gasteiger partial charge in [0.15, 0.2) is 11.5 Å². The number of carbonyl (C=O) groups excluding carboxylic acids is 1. The maximum atomic E-state index is 17.7. The van der Waals surface area contributed by atoms with Crippen molar-refractivity contribution in [3.63, 3.8) is 0 Å². The number of ether oxygens (including phenoxy) is 1. The standard InChI is InChI=1S/C32H37ClF2N6O2/c1-20(34)29(42)41-17-16-40(18-21(41)11-14-36)28-24-10-13-32(12-9-23-25(32)7-4-8-26(23)33)31(2,35)27(24)37-30(38-28)43-19-22-6-5-15-39(22)3/h4,7-8,21-22H,1,5-6,9-13,15-19H2,2-3H3/t21-,22-,31?,32+/m0/s1. The van der Waals surface area contributed by atoms with Crippen LogP contribution in [-0.2, 0) is 28.7 Å². The normalized spacial score (nSPS) is 28.5. The summed E-state index contributed by atoms with van der Waals surface area (Å²) in [5, 5.41) is 10.2. The fraction of sp³-hybridized carbons (Fsp3) is 0.562. The maximum Gasteiger partial charge on any atom is 0.318 e. The lowest BCUT2D eigenvalue weighted by Crippen LogP contribution is -2.56. The number of rotatable bonds is 6. The molecule has 2 aromatic rings. The highest BCUT2D eigenvalue weighted by Gasteiger charge is 2.59. The highest BCUT2D eigenvalue weighted by atomic mass is 35.5. The molecule has 0 bridgehead atoms. The molecule has 6 rings (SSSR count). The van der Waals surface area contributed by atoms with Crippen LogP contribution >= 0.6 is 11.6 Å². The molecule has 4 aliphatic rings. The number of aromatic nitrogens is 2. The van der Waals surface area contributed by atoms with Gasteiger partial charge in [-0.3, -0.25) is 4.79 Å². The van der Waals surface area contributed by atoms with Gasteiger partial charge in [-0.1, -0.05) is 30.3 Å². The number of likely N-dealkylation sites (tertiary alicyclic amines) is 1. The van der Waals surface area contributed by atoms with E-state index in [4.69, 9.17) is 26.3 Å². The third-order valence-electron chi connectivity index (χ3n) is 10.2. The largest absolute Gasteiger partial charge is 0.462 e. The van der Waals surface area contributed by atoms with Crippen LogP contribution in [0.25, 0.3) is 0 Å². The Morgan fingerprint density at radius 1 is 1.21 bits per heavy atom. The molecule has 1 unspecified atom stereocenters. The quantitative estimate of drug-likeness (QED) is 0.424. The molecule has 1 aromatic carbocycles. The molecule has 8 nitrogen and oxygen atoms in total. The number of benzene rings is 1. The molecule has 228 valence electrons. The molecular weight excluding hydrogens is 574 g/mol. The smallest absolute Gasteiger partial charge is 0.318 e. The zero-order chi connectivity index (χ0) is 30.5. The topological polar surface area (TPSA) is 85.6 Å². The lowest BCUT2D eigenvalue weighted by atomic mass is 9.61. The Hall–Kier alpha value is -3.29. The van der Waals surface area contributed by atoms with Crippen LogP contribution in [0.5, 0.6) is 6.01 Å². The van der Waals surface area contributed by atoms with Gasteiger partial charge in [0.25, 0.3) is 5.91 Å². The van der Waals surface area contributed by atoms with Crippen LogP contribution < -0.4 is 9.64 Å². The average molecular weight is 611 g/mol. The van der Waals surface area contributed by atoms with Crippen molar-refractivity contribution in [2.24, 2.45) is 0 Å². The van der Waals surface area contributed by atoms with Crippen LogP contribution in [0.4, 0.5) is 14.6 Å². The summed E-state index contributed by atoms with van der Waals surface area (Å²) in [4.78, 5) is 27.7. The molecule has 43 heavy (non-hydrogen) atoms. The molecular formula is C32H37ClF2N6O2. The summed E-state index contributed by atoms with van der Waals surface area (Å²) >= 11 is 6.57. The lowest BCUT2D eigenvalue weighted by molar-refractivity contribution is -0.131. The van der Waals surface area contributed by atoms with Gasteiger partial charge in [-0.2, -0.15) is 15.2 Å². The summed E-state index contributed by atoms with van der Waals surface area (Å²) in [6.45, 7) is 6.91. The Balaban J connectivity index is 1.41. The zero-order valence-corrected chi connectivity index (χ0v) is 25.5. The summed E-state index contributed by atoms with van der Waals surface area (Å²) in [5.74, 6) is -1.32. The van der Waals surface area contributed by atoms with E-state index >= 15 is 4.39 Å². The van der Waals surface area contributed by atoms with E-state index in [1.165, 1.54) is 4.90 Å². The van der Waals surface area contributed by atoms with Crippen LogP contribution in [0.15, 0.2) is 30.6 Å². The number of carbonyl (C=O) groups is 1. The van der Waals surface area contributed by atoms with Crippen LogP contribution in [0.3, 0.4) is 0 Å². The van der Waals surface area contributed by atoms with E-state index in [-0.39, 0.29) is 31.6 Å². The van der Waals surface area contributed by atoms with Crippen molar-refractivity contribution in [2.75, 3.05) is 44.7 Å². The van der Waals surface area contributed by atoms with Crippen LogP contribution in [0.2, 0.25) is 5.02 Å². The first kappa shape index (κ1) is 29.8. The van der Waals surface area contributed by atoms with E-state index < -0.39 is 28.9 Å². The number of fused-ring (bicyclic) bond motifs is 3. The van der Waals surface area contributed by atoms with E-state index in [0.29, 0.717) is 60.9 Å². The van der Waals surface area contributed by atoms with Crippen LogP contribution in [0.1, 0.15) is 61.4 Å². The Labute approximate surface area is 256 Å². The van der Waals surface area contributed by atoms with Gasteiger partial charge in [-0.05, 0) is 76.2 Å². The van der Waals surface area contributed by atoms with Gasteiger partial charge in [0, 0.05) is 41.7 Å². The number of piperazine rings is 1. The Kier molecular flexibility index (Phi) is 7.84. The van der Waals surface area contributed by atoms with Crippen molar-refractivity contribution in [1.82, 2.24) is 19.8 Å². The fourth-order valence-electron chi connectivity index (χ4n) is 7.79. The first-order valence-electron chi connectivity index (χ1n) is 15.1. The van der Waals surface area contributed by atoms with Gasteiger partial charge >= 0.3 is 6.01 Å². The summed E-state index contributed by atoms with van der Waals surface area (Å²) in [5.41, 5.74) is 0.345. The molecule has 3 heterocycles. The van der Waals surface area contributed by atoms with Crippen molar-refractivity contribution in [1.29, 1.82) is 5.26 Å². The maximum absolute atomic E-state index is 17.7. The van der Waals surface area contributed by atoms with E-state index in [1.807, 2.05) is 23.1 Å². The van der Waals surface area contributed by atoms with E-state index in [1.54, 1.807) is 6.92 Å². The van der Waals surface area contributed by atoms with Gasteiger partial charge < -0.3 is 19.4 Å². The first-order valence-corrected chi connectivity index (χ1v) is 15.4. The summed E-state index contributed by atoms with van der Waals surface area (Å²) in [7, 11) is 2.06. The second kappa shape index (κ2) is 11.3. The number of likely N-dealkylation sites (N-methyl/N-ethyl adjacent to an activating group) is 1. The van der Waals surface area contributed by atoms with E-state index in [2.05, 4.69) is 24.6 Å². The number of hydrogen-bond acceptors (Lipinski definition) is 7. The van der Waals surface area contributed by atoms with Gasteiger partial charge in [-0.15, -0.1) is 0 Å². The van der Waals surface area contributed by atoms with Crippen molar-refractivity contribution in [3.8, 4) is 12.1 Å². The number of nitriles is 1. The van der Waals surface area contributed by atoms with Crippen LogP contribution in [0, 0.1) is 11.3 Å². The molecule has 2 aliphatic heterocycles. The summed E-state index contributed by atoms with van der Waals surface area (Å²) in [6.07, 6.45) is 4.53. The molecule has 1 amide bonds. The third-order valence-corrected chi connectivity index (χ3v) is 10.6. The highest BCUT2D eigenvalue weighted by Crippen LogP contribution is 2.59. The van der Waals surface area contributed by atoms with Crippen molar-refractivity contribution < 1.29 is 18.3 Å². The number of hydrogen-bond donors (Lipinski definition) is 0. The van der Waals surface area contributed by atoms with Crippen molar-refractivity contribution >= 4 is 23.3 Å². The second-order valence-corrected chi connectivity index (χ2v) is 12.9. The van der Waals surface area contributed by atoms with Crippen LogP contribution in [-0.4, -0.2) is 77.6 Å². The van der Waals surface area contributed by atoms with Gasteiger partial charge in [0.1, 0.15) is 12.4 Å². The molecule has 2 saturated heterocycles. The molecule has 2 aliphatic carbocycles. The van der Waals surface area contributed by atoms with E-state index in [9.17, 15) is 14.4 Å². The third kappa shape index (κ3) is 4.95. The number of nitrogens with zero attached hydrogens (tertiary/aromatic N) is 6. The lowest BCUT2D eigenvalue weighted by Gasteiger charge is -2.47. The molecule has 0 radical (unpaired) electrons. The fourth-order valence-corrected chi connectivity index (χ4v) is 8.06. The SMILES string of the molecule is C=C(F)C(=O)N1CCN(c2nc(OC[C@@H]3CCCN3C)nc3c2CC[C@@]2(CCc4c(Cl)cccc42)C3(C)F)C[C@@H]1CC#N. The highest BCUT2D eigenvalue weighted by molar-refractivity contribution is 6.31. The minimum Gasteiger partial charge on any atom is -0.462 e. The zero-order valence-electron chi connectivity index (χ0n) is 24.7. The Morgan fingerprint density at radius 3 is 2.67 bits per heavy atom. The molecule has 2 fully saturated rings. The number of alkyl halides is 1. The molecule has 0 saturated carbocycles. The predicted molar refractivity (Wildman–Crippen MR) is 160 cm³/mol. The Morgan fingerprint density at radius 2 is 1.98 bits per heavy atom. The number of anilines is 1. The second-order valence-electron chi connectivity index (χ2n) is 12.5. The minimum atomic E-state index is -1.84. The van der Waals surface area contributed by atoms with Crippen molar-refractivity contribution in [3.05, 3.63) is 58.0 Å². The number of amides is 1. The van der Waals surface area contributed by atoms with Crippen molar-refractivity contribution in [2.45, 2.75) is 75.0 Å². The molecule has 0 N–H and O–H groups in total. The summed E-state index contributed by atoms with van der Waals surface area (Å²) in [6, 6.07) is 7.62. The minimum absolute atomic E-state index is 0.0155. The molecule has 1 spiro atoms.